The molecule has 0 fully saturated rings. The summed E-state index contributed by atoms with van der Waals surface area (Å²) in [4.78, 5) is 0. The van der Waals surface area contributed by atoms with Crippen LogP contribution in [-0.4, -0.2) is 0 Å². The number of alkyl halides is 6. The summed E-state index contributed by atoms with van der Waals surface area (Å²) in [5, 5.41) is 0. The lowest BCUT2D eigenvalue weighted by Gasteiger charge is -2.13. The van der Waals surface area contributed by atoms with Crippen molar-refractivity contribution in [1.82, 2.24) is 0 Å². The van der Waals surface area contributed by atoms with Gasteiger partial charge in [-0.2, -0.15) is 26.3 Å². The molecule has 0 aliphatic heterocycles. The van der Waals surface area contributed by atoms with Crippen molar-refractivity contribution in [2.24, 2.45) is 5.73 Å². The van der Waals surface area contributed by atoms with Crippen molar-refractivity contribution in [1.29, 1.82) is 0 Å². The van der Waals surface area contributed by atoms with Gasteiger partial charge in [0.25, 0.3) is 0 Å². The Morgan fingerprint density at radius 2 is 1.19 bits per heavy atom. The van der Waals surface area contributed by atoms with Gasteiger partial charge in [0, 0.05) is 6.54 Å². The smallest absolute Gasteiger partial charge is 0.322 e. The standard InChI is InChI=1S/C9H6F6N/c10-8(11,12)6-1-5(4-16)2-7(3-6)9(13,14)15/h1-4H,16H2. The fourth-order valence-corrected chi connectivity index (χ4v) is 1.08. The molecule has 7 heteroatoms. The summed E-state index contributed by atoms with van der Waals surface area (Å²) >= 11 is 0. The van der Waals surface area contributed by atoms with Crippen LogP contribution in [0.5, 0.6) is 0 Å². The maximum Gasteiger partial charge on any atom is 0.416 e. The molecule has 0 saturated heterocycles. The molecule has 0 heterocycles. The maximum atomic E-state index is 12.3. The van der Waals surface area contributed by atoms with Crippen LogP contribution in [0, 0.1) is 6.54 Å². The highest BCUT2D eigenvalue weighted by atomic mass is 19.4. The highest BCUT2D eigenvalue weighted by Gasteiger charge is 2.36. The van der Waals surface area contributed by atoms with Crippen molar-refractivity contribution in [3.05, 3.63) is 41.4 Å². The molecule has 1 radical (unpaired) electrons. The fraction of sp³-hybridized carbons (Fsp3) is 0.222. The van der Waals surface area contributed by atoms with Crippen molar-refractivity contribution in [2.75, 3.05) is 0 Å². The summed E-state index contributed by atoms with van der Waals surface area (Å²) in [5.74, 6) is 0. The van der Waals surface area contributed by atoms with Crippen LogP contribution in [-0.2, 0) is 12.4 Å². The van der Waals surface area contributed by atoms with E-state index in [9.17, 15) is 26.3 Å². The average molecular weight is 242 g/mol. The van der Waals surface area contributed by atoms with Crippen molar-refractivity contribution in [2.45, 2.75) is 12.4 Å². The van der Waals surface area contributed by atoms with Crippen LogP contribution in [0.25, 0.3) is 0 Å². The van der Waals surface area contributed by atoms with Gasteiger partial charge in [-0.3, -0.25) is 0 Å². The summed E-state index contributed by atoms with van der Waals surface area (Å²) in [6.45, 7) is 0.685. The molecule has 0 bridgehead atoms. The lowest BCUT2D eigenvalue weighted by Crippen LogP contribution is -2.12. The normalized spacial score (nSPS) is 12.9. The van der Waals surface area contributed by atoms with Gasteiger partial charge in [0.2, 0.25) is 0 Å². The Kier molecular flexibility index (Phi) is 3.18. The van der Waals surface area contributed by atoms with Gasteiger partial charge in [-0.1, -0.05) is 0 Å². The molecule has 16 heavy (non-hydrogen) atoms. The van der Waals surface area contributed by atoms with E-state index in [1.54, 1.807) is 0 Å². The van der Waals surface area contributed by atoms with Crippen LogP contribution in [0.1, 0.15) is 16.7 Å². The number of hydrogen-bond acceptors (Lipinski definition) is 1. The molecule has 0 unspecified atom stereocenters. The molecule has 1 rings (SSSR count). The molecule has 0 saturated carbocycles. The Bertz CT molecular complexity index is 346. The van der Waals surface area contributed by atoms with E-state index in [0.717, 1.165) is 0 Å². The van der Waals surface area contributed by atoms with Crippen LogP contribution in [0.3, 0.4) is 0 Å². The molecule has 89 valence electrons. The van der Waals surface area contributed by atoms with Gasteiger partial charge in [0.15, 0.2) is 0 Å². The Hall–Kier alpha value is -1.24. The third kappa shape index (κ3) is 2.88. The van der Waals surface area contributed by atoms with Crippen LogP contribution < -0.4 is 5.73 Å². The molecular formula is C9H6F6N. The SMILES string of the molecule is N[CH]c1cc(C(F)(F)F)cc(C(F)(F)F)c1. The first-order valence-electron chi connectivity index (χ1n) is 3.99. The van der Waals surface area contributed by atoms with Gasteiger partial charge in [-0.15, -0.1) is 0 Å². The van der Waals surface area contributed by atoms with Gasteiger partial charge < -0.3 is 5.73 Å². The Morgan fingerprint density at radius 3 is 1.44 bits per heavy atom. The number of benzene rings is 1. The van der Waals surface area contributed by atoms with Gasteiger partial charge in [0.1, 0.15) is 0 Å². The average Bonchev–Trinajstić information content (AvgIpc) is 2.14. The summed E-state index contributed by atoms with van der Waals surface area (Å²) in [6, 6.07) is 1.15. The van der Waals surface area contributed by atoms with Crippen molar-refractivity contribution < 1.29 is 26.3 Å². The fourth-order valence-electron chi connectivity index (χ4n) is 1.08. The van der Waals surface area contributed by atoms with E-state index in [1.165, 1.54) is 0 Å². The third-order valence-electron chi connectivity index (χ3n) is 1.80. The van der Waals surface area contributed by atoms with Crippen LogP contribution >= 0.6 is 0 Å². The van der Waals surface area contributed by atoms with Gasteiger partial charge in [-0.05, 0) is 23.8 Å². The Balaban J connectivity index is 3.33. The largest absolute Gasteiger partial charge is 0.416 e. The van der Waals surface area contributed by atoms with Crippen molar-refractivity contribution in [3.63, 3.8) is 0 Å². The van der Waals surface area contributed by atoms with Crippen LogP contribution in [0.4, 0.5) is 26.3 Å². The molecular weight excluding hydrogens is 236 g/mol. The lowest BCUT2D eigenvalue weighted by molar-refractivity contribution is -0.143. The minimum absolute atomic E-state index is 0.0486. The van der Waals surface area contributed by atoms with Crippen LogP contribution in [0.15, 0.2) is 18.2 Å². The van der Waals surface area contributed by atoms with Crippen LogP contribution in [0.2, 0.25) is 0 Å². The monoisotopic (exact) mass is 242 g/mol. The zero-order chi connectivity index (χ0) is 12.6. The zero-order valence-electron chi connectivity index (χ0n) is 7.65. The zero-order valence-corrected chi connectivity index (χ0v) is 7.65. The molecule has 0 aromatic heterocycles. The topological polar surface area (TPSA) is 26.0 Å². The van der Waals surface area contributed by atoms with Crippen molar-refractivity contribution >= 4 is 0 Å². The van der Waals surface area contributed by atoms with Gasteiger partial charge in [0.05, 0.1) is 11.1 Å². The molecule has 2 N–H and O–H groups in total. The molecule has 0 aliphatic carbocycles. The second kappa shape index (κ2) is 3.97. The second-order valence-electron chi connectivity index (χ2n) is 3.01. The minimum Gasteiger partial charge on any atom is -0.322 e. The highest BCUT2D eigenvalue weighted by molar-refractivity contribution is 5.36. The van der Waals surface area contributed by atoms with Crippen molar-refractivity contribution in [3.8, 4) is 0 Å². The van der Waals surface area contributed by atoms with Gasteiger partial charge >= 0.3 is 12.4 Å². The first-order chi connectivity index (χ1) is 7.14. The van der Waals surface area contributed by atoms with E-state index < -0.39 is 23.5 Å². The predicted molar refractivity (Wildman–Crippen MR) is 44.0 cm³/mol. The lowest BCUT2D eigenvalue weighted by atomic mass is 10.0. The first kappa shape index (κ1) is 12.8. The van der Waals surface area contributed by atoms with E-state index in [2.05, 4.69) is 0 Å². The van der Waals surface area contributed by atoms with E-state index in [0.29, 0.717) is 18.7 Å². The Morgan fingerprint density at radius 1 is 0.812 bits per heavy atom. The second-order valence-corrected chi connectivity index (χ2v) is 3.01. The summed E-state index contributed by atoms with van der Waals surface area (Å²) in [7, 11) is 0. The molecule has 1 aromatic carbocycles. The molecule has 0 aliphatic rings. The maximum absolute atomic E-state index is 12.3. The quantitative estimate of drug-likeness (QED) is 0.752. The first-order valence-corrected chi connectivity index (χ1v) is 3.99. The molecule has 0 spiro atoms. The summed E-state index contributed by atoms with van der Waals surface area (Å²) in [6.07, 6.45) is -9.67. The summed E-state index contributed by atoms with van der Waals surface area (Å²) < 4.78 is 73.5. The van der Waals surface area contributed by atoms with E-state index in [-0.39, 0.29) is 11.6 Å². The Labute approximate surface area is 86.9 Å². The van der Waals surface area contributed by atoms with E-state index in [4.69, 9.17) is 5.73 Å². The minimum atomic E-state index is -4.83. The molecule has 1 aromatic rings. The third-order valence-corrected chi connectivity index (χ3v) is 1.80. The predicted octanol–water partition coefficient (Wildman–Crippen LogP) is 3.19. The number of halogens is 6. The van der Waals surface area contributed by atoms with Gasteiger partial charge in [-0.25, -0.2) is 0 Å². The number of rotatable bonds is 1. The number of hydrogen-bond donors (Lipinski definition) is 1. The van der Waals surface area contributed by atoms with E-state index in [1.807, 2.05) is 0 Å². The van der Waals surface area contributed by atoms with E-state index >= 15 is 0 Å². The molecule has 1 nitrogen and oxygen atoms in total. The highest BCUT2D eigenvalue weighted by Crippen LogP contribution is 2.36. The summed E-state index contributed by atoms with van der Waals surface area (Å²) in [5.41, 5.74) is 1.83. The molecule has 0 amide bonds. The number of nitrogens with two attached hydrogens (primary N) is 1. The molecule has 0 atom stereocenters.